The lowest BCUT2D eigenvalue weighted by molar-refractivity contribution is 0.200. The molecule has 0 aromatic rings. The minimum Gasteiger partial charge on any atom is -0.312 e. The van der Waals surface area contributed by atoms with Crippen LogP contribution in [0.25, 0.3) is 0 Å². The number of likely N-dealkylation sites (tertiary alicyclic amines) is 1. The summed E-state index contributed by atoms with van der Waals surface area (Å²) >= 11 is 0. The molecule has 1 heterocycles. The number of hydrogen-bond donors (Lipinski definition) is 1. The Balaban J connectivity index is 2.26. The zero-order valence-corrected chi connectivity index (χ0v) is 14.0. The molecule has 2 heteroatoms. The molecule has 0 bridgehead atoms. The normalized spacial score (nSPS) is 24.2. The summed E-state index contributed by atoms with van der Waals surface area (Å²) in [5.74, 6) is 0.995. The summed E-state index contributed by atoms with van der Waals surface area (Å²) in [6, 6.07) is 0.732. The summed E-state index contributed by atoms with van der Waals surface area (Å²) in [6.45, 7) is 15.3. The van der Waals surface area contributed by atoms with E-state index in [2.05, 4.69) is 44.8 Å². The van der Waals surface area contributed by atoms with E-state index >= 15 is 0 Å². The van der Waals surface area contributed by atoms with Gasteiger partial charge in [-0.05, 0) is 78.9 Å². The maximum absolute atomic E-state index is 3.61. The predicted octanol–water partition coefficient (Wildman–Crippen LogP) is 4.06. The Hall–Kier alpha value is -0.0800. The van der Waals surface area contributed by atoms with Crippen LogP contribution in [0.4, 0.5) is 0 Å². The van der Waals surface area contributed by atoms with E-state index in [0.717, 1.165) is 18.5 Å². The smallest absolute Gasteiger partial charge is 0.00965 e. The van der Waals surface area contributed by atoms with Gasteiger partial charge in [0, 0.05) is 11.6 Å². The fourth-order valence-corrected chi connectivity index (χ4v) is 3.16. The van der Waals surface area contributed by atoms with Gasteiger partial charge in [-0.15, -0.1) is 0 Å². The molecule has 19 heavy (non-hydrogen) atoms. The van der Waals surface area contributed by atoms with E-state index in [9.17, 15) is 0 Å². The van der Waals surface area contributed by atoms with Crippen molar-refractivity contribution in [3.63, 3.8) is 0 Å². The molecule has 1 rings (SSSR count). The lowest BCUT2D eigenvalue weighted by Gasteiger charge is -2.29. The summed E-state index contributed by atoms with van der Waals surface area (Å²) in [6.07, 6.45) is 8.35. The van der Waals surface area contributed by atoms with Gasteiger partial charge in [-0.1, -0.05) is 19.8 Å². The van der Waals surface area contributed by atoms with Crippen LogP contribution >= 0.6 is 0 Å². The lowest BCUT2D eigenvalue weighted by Crippen LogP contribution is -2.41. The van der Waals surface area contributed by atoms with Crippen molar-refractivity contribution < 1.29 is 0 Å². The van der Waals surface area contributed by atoms with E-state index in [1.165, 1.54) is 51.6 Å². The molecular formula is C17H36N2. The third-order valence-electron chi connectivity index (χ3n) is 4.42. The summed E-state index contributed by atoms with van der Waals surface area (Å²) in [5.41, 5.74) is 0.255. The van der Waals surface area contributed by atoms with Crippen LogP contribution in [-0.2, 0) is 0 Å². The lowest BCUT2D eigenvalue weighted by atomic mass is 9.96. The Morgan fingerprint density at radius 3 is 2.58 bits per heavy atom. The molecular weight excluding hydrogens is 232 g/mol. The van der Waals surface area contributed by atoms with Gasteiger partial charge in [-0.2, -0.15) is 0 Å². The molecule has 2 nitrogen and oxygen atoms in total. The first-order valence-electron chi connectivity index (χ1n) is 8.41. The van der Waals surface area contributed by atoms with Crippen molar-refractivity contribution in [2.24, 2.45) is 5.92 Å². The molecule has 0 amide bonds. The van der Waals surface area contributed by atoms with Crippen molar-refractivity contribution in [2.75, 3.05) is 19.6 Å². The molecule has 1 saturated heterocycles. The van der Waals surface area contributed by atoms with Crippen molar-refractivity contribution in [1.82, 2.24) is 10.2 Å². The van der Waals surface area contributed by atoms with Crippen LogP contribution in [0.2, 0.25) is 0 Å². The maximum atomic E-state index is 3.61. The van der Waals surface area contributed by atoms with E-state index in [4.69, 9.17) is 0 Å². The number of rotatable bonds is 6. The number of hydrogen-bond acceptors (Lipinski definition) is 2. The third-order valence-corrected chi connectivity index (χ3v) is 4.42. The predicted molar refractivity (Wildman–Crippen MR) is 85.7 cm³/mol. The Morgan fingerprint density at radius 1 is 1.21 bits per heavy atom. The van der Waals surface area contributed by atoms with Gasteiger partial charge in [0.25, 0.3) is 0 Å². The molecule has 1 aliphatic rings. The van der Waals surface area contributed by atoms with E-state index in [1.807, 2.05) is 0 Å². The SMILES string of the molecule is CCCC1CCCN(C(C)CCNC(C)(C)C)CC1. The van der Waals surface area contributed by atoms with Crippen molar-refractivity contribution in [3.8, 4) is 0 Å². The Bertz CT molecular complexity index is 232. The zero-order valence-electron chi connectivity index (χ0n) is 14.0. The van der Waals surface area contributed by atoms with E-state index < -0.39 is 0 Å². The van der Waals surface area contributed by atoms with Gasteiger partial charge in [0.2, 0.25) is 0 Å². The Kier molecular flexibility index (Phi) is 7.38. The Morgan fingerprint density at radius 2 is 1.95 bits per heavy atom. The highest BCUT2D eigenvalue weighted by Crippen LogP contribution is 2.23. The summed E-state index contributed by atoms with van der Waals surface area (Å²) < 4.78 is 0. The topological polar surface area (TPSA) is 15.3 Å². The summed E-state index contributed by atoms with van der Waals surface area (Å²) in [7, 11) is 0. The highest BCUT2D eigenvalue weighted by molar-refractivity contribution is 4.76. The average molecular weight is 268 g/mol. The van der Waals surface area contributed by atoms with Gasteiger partial charge < -0.3 is 10.2 Å². The number of nitrogens with zero attached hydrogens (tertiary/aromatic N) is 1. The van der Waals surface area contributed by atoms with Crippen LogP contribution in [-0.4, -0.2) is 36.1 Å². The minimum atomic E-state index is 0.255. The van der Waals surface area contributed by atoms with Gasteiger partial charge in [0.1, 0.15) is 0 Å². The van der Waals surface area contributed by atoms with Crippen LogP contribution in [0, 0.1) is 5.92 Å². The van der Waals surface area contributed by atoms with E-state index in [0.29, 0.717) is 0 Å². The van der Waals surface area contributed by atoms with Crippen LogP contribution in [0.3, 0.4) is 0 Å². The molecule has 2 atom stereocenters. The highest BCUT2D eigenvalue weighted by Gasteiger charge is 2.20. The summed E-state index contributed by atoms with van der Waals surface area (Å²) in [4.78, 5) is 2.72. The molecule has 0 aromatic heterocycles. The first-order valence-corrected chi connectivity index (χ1v) is 8.41. The second-order valence-corrected chi connectivity index (χ2v) is 7.44. The molecule has 0 aromatic carbocycles. The standard InChI is InChI=1S/C17H36N2/c1-6-8-16-9-7-13-19(14-11-16)15(2)10-12-18-17(3,4)5/h15-16,18H,6-14H2,1-5H3. The molecule has 0 saturated carbocycles. The second-order valence-electron chi connectivity index (χ2n) is 7.44. The second kappa shape index (κ2) is 8.26. The molecule has 1 N–H and O–H groups in total. The van der Waals surface area contributed by atoms with Crippen molar-refractivity contribution in [1.29, 1.82) is 0 Å². The quantitative estimate of drug-likeness (QED) is 0.781. The first-order chi connectivity index (χ1) is 8.92. The molecule has 1 aliphatic heterocycles. The van der Waals surface area contributed by atoms with Gasteiger partial charge in [0.05, 0.1) is 0 Å². The molecule has 114 valence electrons. The fraction of sp³-hybridized carbons (Fsp3) is 1.00. The molecule has 0 radical (unpaired) electrons. The molecule has 1 fully saturated rings. The number of nitrogens with one attached hydrogen (secondary N) is 1. The fourth-order valence-electron chi connectivity index (χ4n) is 3.16. The van der Waals surface area contributed by atoms with E-state index in [1.54, 1.807) is 0 Å². The summed E-state index contributed by atoms with van der Waals surface area (Å²) in [5, 5.41) is 3.61. The van der Waals surface area contributed by atoms with Gasteiger partial charge >= 0.3 is 0 Å². The van der Waals surface area contributed by atoms with Crippen LogP contribution in [0.1, 0.15) is 73.1 Å². The Labute approximate surface area is 121 Å². The highest BCUT2D eigenvalue weighted by atomic mass is 15.2. The monoisotopic (exact) mass is 268 g/mol. The van der Waals surface area contributed by atoms with Gasteiger partial charge in [-0.3, -0.25) is 0 Å². The van der Waals surface area contributed by atoms with Crippen LogP contribution < -0.4 is 5.32 Å². The average Bonchev–Trinajstić information content (AvgIpc) is 2.53. The molecule has 0 aliphatic carbocycles. The van der Waals surface area contributed by atoms with Gasteiger partial charge in [0.15, 0.2) is 0 Å². The van der Waals surface area contributed by atoms with Crippen LogP contribution in [0.5, 0.6) is 0 Å². The molecule has 0 spiro atoms. The van der Waals surface area contributed by atoms with Crippen molar-refractivity contribution in [2.45, 2.75) is 84.7 Å². The largest absolute Gasteiger partial charge is 0.312 e. The maximum Gasteiger partial charge on any atom is 0.00965 e. The van der Waals surface area contributed by atoms with Gasteiger partial charge in [-0.25, -0.2) is 0 Å². The van der Waals surface area contributed by atoms with Crippen molar-refractivity contribution in [3.05, 3.63) is 0 Å². The minimum absolute atomic E-state index is 0.255. The van der Waals surface area contributed by atoms with Crippen molar-refractivity contribution >= 4 is 0 Å². The zero-order chi connectivity index (χ0) is 14.3. The third kappa shape index (κ3) is 7.31. The first kappa shape index (κ1) is 17.0. The van der Waals surface area contributed by atoms with Crippen LogP contribution in [0.15, 0.2) is 0 Å². The molecule has 2 unspecified atom stereocenters. The van der Waals surface area contributed by atoms with E-state index in [-0.39, 0.29) is 5.54 Å².